The van der Waals surface area contributed by atoms with Crippen LogP contribution < -0.4 is 10.6 Å². The lowest BCUT2D eigenvalue weighted by Gasteiger charge is -2.33. The molecule has 0 aliphatic rings. The van der Waals surface area contributed by atoms with Crippen LogP contribution in [0, 0.1) is 0 Å². The maximum Gasteiger partial charge on any atom is 0.302 e. The highest BCUT2D eigenvalue weighted by molar-refractivity contribution is 5.96. The number of carbonyl (C=O) groups excluding carboxylic acids is 7. The summed E-state index contributed by atoms with van der Waals surface area (Å²) in [6.45, 7) is 12.0. The van der Waals surface area contributed by atoms with E-state index in [1.165, 1.54) is 105 Å². The Labute approximate surface area is 392 Å². The summed E-state index contributed by atoms with van der Waals surface area (Å²) in [5.74, 6) is -2.31. The molecule has 65 heavy (non-hydrogen) atoms. The molecular weight excluding hydrogens is 827 g/mol. The Bertz CT molecular complexity index is 1660. The van der Waals surface area contributed by atoms with Gasteiger partial charge in [0.2, 0.25) is 11.8 Å². The van der Waals surface area contributed by atoms with E-state index in [0.717, 1.165) is 30.4 Å². The molecule has 2 rings (SSSR count). The molecule has 0 unspecified atom stereocenters. The number of ether oxygens (including phenoxy) is 4. The molecule has 14 heteroatoms. The van der Waals surface area contributed by atoms with Crippen molar-refractivity contribution in [3.05, 3.63) is 70.8 Å². The Kier molecular flexibility index (Phi) is 33.7. The van der Waals surface area contributed by atoms with Gasteiger partial charge >= 0.3 is 23.9 Å². The Balaban J connectivity index is 0. The summed E-state index contributed by atoms with van der Waals surface area (Å²) in [7, 11) is 0. The molecule has 2 amide bonds. The molecule has 0 aliphatic carbocycles. The monoisotopic (exact) mass is 908 g/mol. The van der Waals surface area contributed by atoms with Crippen LogP contribution in [0.4, 0.5) is 0 Å². The van der Waals surface area contributed by atoms with Gasteiger partial charge in [0.25, 0.3) is 0 Å². The van der Waals surface area contributed by atoms with E-state index in [0.29, 0.717) is 37.7 Å². The molecule has 0 atom stereocenters. The highest BCUT2D eigenvalue weighted by Crippen LogP contribution is 2.21. The molecule has 2 aromatic rings. The smallest absolute Gasteiger partial charge is 0.302 e. The van der Waals surface area contributed by atoms with Gasteiger partial charge in [-0.05, 0) is 61.6 Å². The van der Waals surface area contributed by atoms with Gasteiger partial charge < -0.3 is 29.6 Å². The molecule has 0 aromatic heterocycles. The summed E-state index contributed by atoms with van der Waals surface area (Å²) in [6.07, 6.45) is 16.9. The number of rotatable bonds is 30. The quantitative estimate of drug-likeness (QED) is 0.0251. The minimum absolute atomic E-state index is 0. The summed E-state index contributed by atoms with van der Waals surface area (Å²) < 4.78 is 20.7. The minimum Gasteiger partial charge on any atom is -0.463 e. The fourth-order valence-corrected chi connectivity index (χ4v) is 6.99. The van der Waals surface area contributed by atoms with Crippen LogP contribution in [0.3, 0.4) is 0 Å². The first-order valence-corrected chi connectivity index (χ1v) is 22.7. The van der Waals surface area contributed by atoms with Gasteiger partial charge in [0.05, 0.1) is 0 Å². The fourth-order valence-electron chi connectivity index (χ4n) is 6.99. The number of unbranched alkanes of at least 4 members (excludes halogenated alkanes) is 9. The maximum absolute atomic E-state index is 12.4. The maximum atomic E-state index is 12.4. The lowest BCUT2D eigenvalue weighted by atomic mass is 9.91. The number of ketones is 1. The first-order valence-electron chi connectivity index (χ1n) is 22.7. The van der Waals surface area contributed by atoms with Gasteiger partial charge in [0.15, 0.2) is 5.78 Å². The second-order valence-corrected chi connectivity index (χ2v) is 16.7. The van der Waals surface area contributed by atoms with E-state index in [9.17, 15) is 33.6 Å². The average Bonchev–Trinajstić information content (AvgIpc) is 3.23. The zero-order chi connectivity index (χ0) is 47.1. The molecule has 363 valence electrons. The normalized spacial score (nSPS) is 10.7. The molecule has 0 saturated heterocycles. The number of aryl methyl sites for hydroxylation is 3. The van der Waals surface area contributed by atoms with Crippen molar-refractivity contribution < 1.29 is 52.5 Å². The van der Waals surface area contributed by atoms with Crippen molar-refractivity contribution in [3.63, 3.8) is 0 Å². The third-order valence-corrected chi connectivity index (χ3v) is 10.5. The first-order chi connectivity index (χ1) is 29.9. The van der Waals surface area contributed by atoms with Crippen LogP contribution in [0.2, 0.25) is 0 Å². The molecule has 0 bridgehead atoms. The van der Waals surface area contributed by atoms with Crippen LogP contribution in [0.25, 0.3) is 0 Å². The molecule has 13 nitrogen and oxygen atoms in total. The Morgan fingerprint density at radius 2 is 0.754 bits per heavy atom. The van der Waals surface area contributed by atoms with E-state index in [1.807, 2.05) is 24.3 Å². The number of hydrogen-bond acceptors (Lipinski definition) is 11. The molecule has 0 aliphatic heterocycles. The van der Waals surface area contributed by atoms with Crippen LogP contribution in [0.1, 0.15) is 180 Å². The highest BCUT2D eigenvalue weighted by atomic mass is 16.6. The van der Waals surface area contributed by atoms with Gasteiger partial charge in [-0.15, -0.1) is 0 Å². The van der Waals surface area contributed by atoms with Crippen LogP contribution in [0.15, 0.2) is 48.5 Å². The summed E-state index contributed by atoms with van der Waals surface area (Å²) >= 11 is 0. The third kappa shape index (κ3) is 29.9. The van der Waals surface area contributed by atoms with Gasteiger partial charge in [0, 0.05) is 61.9 Å². The number of Topliss-reactive ketones (excluding diaryl/α,β-unsaturated/α-hetero) is 1. The Morgan fingerprint density at radius 1 is 0.446 bits per heavy atom. The average molecular weight is 908 g/mol. The van der Waals surface area contributed by atoms with Gasteiger partial charge in [-0.25, -0.2) is 0 Å². The number of nitrogens with one attached hydrogen (secondary N) is 2. The number of esters is 4. The van der Waals surface area contributed by atoms with Gasteiger partial charge in [-0.1, -0.05) is 128 Å². The van der Waals surface area contributed by atoms with Crippen molar-refractivity contribution in [2.45, 2.75) is 183 Å². The lowest BCUT2D eigenvalue weighted by molar-refractivity contribution is -0.151. The van der Waals surface area contributed by atoms with Crippen molar-refractivity contribution in [1.82, 2.24) is 10.6 Å². The summed E-state index contributed by atoms with van der Waals surface area (Å²) in [4.78, 5) is 81.3. The van der Waals surface area contributed by atoms with E-state index in [-0.39, 0.29) is 59.9 Å². The predicted molar refractivity (Wildman–Crippen MR) is 256 cm³/mol. The second kappa shape index (κ2) is 35.3. The molecule has 0 fully saturated rings. The third-order valence-electron chi connectivity index (χ3n) is 10.5. The second-order valence-electron chi connectivity index (χ2n) is 16.7. The van der Waals surface area contributed by atoms with Gasteiger partial charge in [-0.3, -0.25) is 33.6 Å². The molecule has 0 heterocycles. The zero-order valence-corrected chi connectivity index (χ0v) is 40.0. The van der Waals surface area contributed by atoms with Crippen molar-refractivity contribution in [3.8, 4) is 0 Å². The van der Waals surface area contributed by atoms with E-state index in [4.69, 9.17) is 18.9 Å². The zero-order valence-electron chi connectivity index (χ0n) is 40.0. The number of benzene rings is 2. The molecular formula is C51H80BN2O11. The number of amides is 2. The summed E-state index contributed by atoms with van der Waals surface area (Å²) in [5, 5.41) is 5.64. The van der Waals surface area contributed by atoms with Crippen molar-refractivity contribution >= 4 is 49.9 Å². The molecule has 2 aromatic carbocycles. The minimum atomic E-state index is -1.03. The van der Waals surface area contributed by atoms with E-state index in [2.05, 4.69) is 48.7 Å². The SMILES string of the molecule is C.CCCCCCCC(=O)c1ccc(CCC(COC(C)=O)(COC(C)=O)NC(C)=O)cc1.CCCCCCCCc1ccc(CCC(COC(C)=O)(COC(C)=O)NC(C)=O)cc1.[B]. The van der Waals surface area contributed by atoms with Gasteiger partial charge in [-0.2, -0.15) is 0 Å². The van der Waals surface area contributed by atoms with Crippen molar-refractivity contribution in [1.29, 1.82) is 0 Å². The highest BCUT2D eigenvalue weighted by Gasteiger charge is 2.35. The Morgan fingerprint density at radius 3 is 1.09 bits per heavy atom. The number of hydrogen-bond donors (Lipinski definition) is 2. The van der Waals surface area contributed by atoms with E-state index in [1.54, 1.807) is 0 Å². The molecule has 0 spiro atoms. The van der Waals surface area contributed by atoms with E-state index >= 15 is 0 Å². The van der Waals surface area contributed by atoms with Crippen molar-refractivity contribution in [2.75, 3.05) is 26.4 Å². The molecule has 3 radical (unpaired) electrons. The fraction of sp³-hybridized carbons (Fsp3) is 0.627. The van der Waals surface area contributed by atoms with Crippen LogP contribution in [0.5, 0.6) is 0 Å². The first kappa shape index (κ1) is 62.1. The van der Waals surface area contributed by atoms with Crippen LogP contribution >= 0.6 is 0 Å². The summed E-state index contributed by atoms with van der Waals surface area (Å²) in [5.41, 5.74) is 2.11. The van der Waals surface area contributed by atoms with Crippen LogP contribution in [-0.2, 0) is 67.0 Å². The number of carbonyl (C=O) groups is 7. The topological polar surface area (TPSA) is 180 Å². The largest absolute Gasteiger partial charge is 0.463 e. The lowest BCUT2D eigenvalue weighted by Crippen LogP contribution is -2.55. The summed E-state index contributed by atoms with van der Waals surface area (Å²) in [6, 6.07) is 15.9. The molecule has 0 saturated carbocycles. The predicted octanol–water partition coefficient (Wildman–Crippen LogP) is 8.94. The van der Waals surface area contributed by atoms with Gasteiger partial charge in [0.1, 0.15) is 37.5 Å². The van der Waals surface area contributed by atoms with E-state index < -0.39 is 35.0 Å². The standard InChI is InChI=1S/C25H37NO6.C25H39NO5.CH4.B/c1-5-6-7-8-9-10-24(30)23-13-11-22(12-14-23)15-16-25(26-19(2)27,17-31-20(3)28)18-32-21(4)29;1-5-6-7-8-9-10-11-23-12-14-24(15-13-23)16-17-25(26-20(2)27,18-30-21(3)28)19-31-22(4)29;;/h11-14H,5-10,15-18H2,1-4H3,(H,26,27);12-15H,5-11,16-19H2,1-4H3,(H,26,27);1H4;. The van der Waals surface area contributed by atoms with Crippen molar-refractivity contribution in [2.24, 2.45) is 0 Å². The molecule has 2 N–H and O–H groups in total. The van der Waals surface area contributed by atoms with Crippen LogP contribution in [-0.4, -0.2) is 87.4 Å². The Hall–Kier alpha value is -5.01.